The third-order valence-corrected chi connectivity index (χ3v) is 4.67. The van der Waals surface area contributed by atoms with Crippen LogP contribution in [-0.4, -0.2) is 11.1 Å². The molecule has 0 saturated carbocycles. The fourth-order valence-electron chi connectivity index (χ4n) is 1.90. The first-order valence-corrected chi connectivity index (χ1v) is 8.63. The average molecular weight is 452 g/mol. The number of amidine groups is 1. The Morgan fingerprint density at radius 2 is 2.04 bits per heavy atom. The Morgan fingerprint density at radius 1 is 1.28 bits per heavy atom. The van der Waals surface area contributed by atoms with Crippen molar-refractivity contribution in [3.05, 3.63) is 56.3 Å². The number of furan rings is 1. The number of hydrogen-bond acceptors (Lipinski definition) is 4. The number of thioether (sulfide) groups is 1. The fraction of sp³-hybridized carbons (Fsp3) is 0.0667. The summed E-state index contributed by atoms with van der Waals surface area (Å²) in [4.78, 5) is 16.3. The van der Waals surface area contributed by atoms with E-state index in [4.69, 9.17) is 16.0 Å². The van der Waals surface area contributed by atoms with Crippen molar-refractivity contribution in [3.8, 4) is 0 Å². The number of carbonyl (C=O) groups is 1. The molecule has 3 rings (SSSR count). The number of rotatable bonds is 2. The number of carbonyl (C=O) groups excluding carboxylic acids is 1. The fourth-order valence-corrected chi connectivity index (χ4v) is 3.19. The van der Waals surface area contributed by atoms with E-state index < -0.39 is 17.6 Å². The second-order valence-electron chi connectivity index (χ2n) is 4.79. The highest BCUT2D eigenvalue weighted by Crippen LogP contribution is 2.36. The number of alkyl halides is 3. The van der Waals surface area contributed by atoms with Gasteiger partial charge in [0.1, 0.15) is 5.76 Å². The molecule has 10 heteroatoms. The number of aliphatic imine (C=N–C) groups is 1. The number of hydrogen-bond donors (Lipinski definition) is 1. The summed E-state index contributed by atoms with van der Waals surface area (Å²) in [5.41, 5.74) is -0.956. The second-order valence-corrected chi connectivity index (χ2v) is 7.01. The Hall–Kier alpha value is -1.71. The first-order chi connectivity index (χ1) is 11.7. The van der Waals surface area contributed by atoms with Crippen LogP contribution in [0.2, 0.25) is 5.02 Å². The third-order valence-electron chi connectivity index (χ3n) is 3.01. The highest BCUT2D eigenvalue weighted by Gasteiger charge is 2.31. The SMILES string of the molecule is O=C1NC(=Nc2cc(C(F)(F)F)ccc2Cl)S/C1=C/c1ccc(Br)o1. The lowest BCUT2D eigenvalue weighted by Gasteiger charge is -2.08. The van der Waals surface area contributed by atoms with E-state index in [2.05, 4.69) is 26.2 Å². The summed E-state index contributed by atoms with van der Waals surface area (Å²) in [6, 6.07) is 6.13. The van der Waals surface area contributed by atoms with Gasteiger partial charge in [-0.2, -0.15) is 13.2 Å². The molecular formula is C15H7BrClF3N2O2S. The zero-order chi connectivity index (χ0) is 18.2. The summed E-state index contributed by atoms with van der Waals surface area (Å²) >= 11 is 10.0. The van der Waals surface area contributed by atoms with Gasteiger partial charge in [-0.15, -0.1) is 0 Å². The molecule has 1 N–H and O–H groups in total. The number of nitrogens with zero attached hydrogens (tertiary/aromatic N) is 1. The predicted octanol–water partition coefficient (Wildman–Crippen LogP) is 5.61. The van der Waals surface area contributed by atoms with E-state index in [-0.39, 0.29) is 15.9 Å². The molecule has 0 spiro atoms. The Labute approximate surface area is 157 Å². The van der Waals surface area contributed by atoms with Crippen molar-refractivity contribution in [3.63, 3.8) is 0 Å². The maximum atomic E-state index is 12.8. The van der Waals surface area contributed by atoms with Crippen LogP contribution in [0.15, 0.2) is 49.3 Å². The van der Waals surface area contributed by atoms with Crippen LogP contribution in [-0.2, 0) is 11.0 Å². The molecule has 1 fully saturated rings. The van der Waals surface area contributed by atoms with Crippen LogP contribution in [0.1, 0.15) is 11.3 Å². The summed E-state index contributed by atoms with van der Waals surface area (Å²) < 4.78 is 44.2. The van der Waals surface area contributed by atoms with Gasteiger partial charge >= 0.3 is 6.18 Å². The van der Waals surface area contributed by atoms with Crippen LogP contribution >= 0.6 is 39.3 Å². The lowest BCUT2D eigenvalue weighted by molar-refractivity contribution is -0.137. The van der Waals surface area contributed by atoms with E-state index in [9.17, 15) is 18.0 Å². The van der Waals surface area contributed by atoms with Gasteiger partial charge in [0, 0.05) is 6.08 Å². The van der Waals surface area contributed by atoms with Crippen molar-refractivity contribution in [2.45, 2.75) is 6.18 Å². The Morgan fingerprint density at radius 3 is 2.68 bits per heavy atom. The highest BCUT2D eigenvalue weighted by molar-refractivity contribution is 9.10. The van der Waals surface area contributed by atoms with Crippen molar-refractivity contribution in [1.82, 2.24) is 5.32 Å². The average Bonchev–Trinajstić information content (AvgIpc) is 3.07. The van der Waals surface area contributed by atoms with E-state index in [1.807, 2.05) is 0 Å². The molecule has 0 radical (unpaired) electrons. The molecule has 0 unspecified atom stereocenters. The third kappa shape index (κ3) is 4.28. The van der Waals surface area contributed by atoms with Crippen LogP contribution in [0, 0.1) is 0 Å². The van der Waals surface area contributed by atoms with Crippen molar-refractivity contribution >= 4 is 62.1 Å². The second kappa shape index (κ2) is 6.89. The molecule has 4 nitrogen and oxygen atoms in total. The van der Waals surface area contributed by atoms with Crippen LogP contribution in [0.4, 0.5) is 18.9 Å². The van der Waals surface area contributed by atoms with E-state index in [1.54, 1.807) is 12.1 Å². The van der Waals surface area contributed by atoms with Gasteiger partial charge in [-0.3, -0.25) is 4.79 Å². The molecule has 1 amide bonds. The van der Waals surface area contributed by atoms with Crippen molar-refractivity contribution in [1.29, 1.82) is 0 Å². The first-order valence-electron chi connectivity index (χ1n) is 6.64. The topological polar surface area (TPSA) is 54.6 Å². The highest BCUT2D eigenvalue weighted by atomic mass is 79.9. The zero-order valence-corrected chi connectivity index (χ0v) is 15.2. The molecule has 1 aliphatic heterocycles. The van der Waals surface area contributed by atoms with Crippen molar-refractivity contribution in [2.75, 3.05) is 0 Å². The molecule has 2 heterocycles. The summed E-state index contributed by atoms with van der Waals surface area (Å²) in [7, 11) is 0. The van der Waals surface area contributed by atoms with Gasteiger partial charge in [-0.1, -0.05) is 11.6 Å². The maximum absolute atomic E-state index is 12.8. The summed E-state index contributed by atoms with van der Waals surface area (Å²) in [5, 5.41) is 2.65. The Balaban J connectivity index is 1.88. The summed E-state index contributed by atoms with van der Waals surface area (Å²) in [6.45, 7) is 0. The lowest BCUT2D eigenvalue weighted by atomic mass is 10.2. The van der Waals surface area contributed by atoms with Crippen LogP contribution in [0.25, 0.3) is 6.08 Å². The van der Waals surface area contributed by atoms with Gasteiger partial charge in [-0.25, -0.2) is 4.99 Å². The van der Waals surface area contributed by atoms with Gasteiger partial charge < -0.3 is 9.73 Å². The predicted molar refractivity (Wildman–Crippen MR) is 93.7 cm³/mol. The van der Waals surface area contributed by atoms with Gasteiger partial charge in [-0.05, 0) is 58.0 Å². The van der Waals surface area contributed by atoms with Crippen molar-refractivity contribution in [2.24, 2.45) is 4.99 Å². The minimum absolute atomic E-state index is 0.0442. The Bertz CT molecular complexity index is 908. The summed E-state index contributed by atoms with van der Waals surface area (Å²) in [5.74, 6) is 0.0160. The molecule has 0 atom stereocenters. The van der Waals surface area contributed by atoms with Crippen LogP contribution < -0.4 is 5.32 Å². The molecule has 2 aromatic rings. The standard InChI is InChI=1S/C15H7BrClF3N2O2S/c16-12-4-2-8(24-12)6-11-13(23)22-14(25-11)21-10-5-7(15(18,19)20)1-3-9(10)17/h1-6H,(H,21,22,23)/b11-6+. The minimum atomic E-state index is -4.51. The number of nitrogens with one attached hydrogen (secondary N) is 1. The normalized spacial score (nSPS) is 18.2. The Kier molecular flexibility index (Phi) is 4.99. The molecular weight excluding hydrogens is 445 g/mol. The van der Waals surface area contributed by atoms with E-state index in [1.165, 1.54) is 6.08 Å². The molecule has 1 aromatic heterocycles. The maximum Gasteiger partial charge on any atom is 0.416 e. The summed E-state index contributed by atoms with van der Waals surface area (Å²) in [6.07, 6.45) is -3.01. The van der Waals surface area contributed by atoms with Gasteiger partial charge in [0.25, 0.3) is 5.91 Å². The van der Waals surface area contributed by atoms with Gasteiger partial charge in [0.05, 0.1) is 21.2 Å². The zero-order valence-electron chi connectivity index (χ0n) is 12.0. The number of halogens is 5. The molecule has 0 aliphatic carbocycles. The molecule has 1 saturated heterocycles. The van der Waals surface area contributed by atoms with Crippen molar-refractivity contribution < 1.29 is 22.4 Å². The van der Waals surface area contributed by atoms with Gasteiger partial charge in [0.15, 0.2) is 9.84 Å². The van der Waals surface area contributed by atoms with Gasteiger partial charge in [0.2, 0.25) is 0 Å². The number of benzene rings is 1. The van der Waals surface area contributed by atoms with Crippen LogP contribution in [0.3, 0.4) is 0 Å². The van der Waals surface area contributed by atoms with E-state index in [0.29, 0.717) is 15.3 Å². The largest absolute Gasteiger partial charge is 0.450 e. The minimum Gasteiger partial charge on any atom is -0.450 e. The molecule has 1 aliphatic rings. The first kappa shape index (κ1) is 18.1. The quantitative estimate of drug-likeness (QED) is 0.604. The van der Waals surface area contributed by atoms with E-state index >= 15 is 0 Å². The smallest absolute Gasteiger partial charge is 0.416 e. The number of amides is 1. The van der Waals surface area contributed by atoms with Crippen LogP contribution in [0.5, 0.6) is 0 Å². The molecule has 0 bridgehead atoms. The molecule has 130 valence electrons. The molecule has 1 aromatic carbocycles. The monoisotopic (exact) mass is 450 g/mol. The lowest BCUT2D eigenvalue weighted by Crippen LogP contribution is -2.19. The van der Waals surface area contributed by atoms with E-state index in [0.717, 1.165) is 30.0 Å². The molecule has 25 heavy (non-hydrogen) atoms.